The fourth-order valence-corrected chi connectivity index (χ4v) is 5.07. The van der Waals surface area contributed by atoms with Gasteiger partial charge in [-0.15, -0.1) is 0 Å². The number of hydrogen-bond acceptors (Lipinski definition) is 5. The maximum Gasteiger partial charge on any atom is 0.259 e. The van der Waals surface area contributed by atoms with Crippen molar-refractivity contribution in [1.29, 1.82) is 0 Å². The minimum absolute atomic E-state index is 0.0677. The number of piperidine rings is 1. The highest BCUT2D eigenvalue weighted by Crippen LogP contribution is 2.37. The predicted octanol–water partition coefficient (Wildman–Crippen LogP) is 2.11. The molecule has 3 aromatic rings. The summed E-state index contributed by atoms with van der Waals surface area (Å²) in [4.78, 5) is 43.8. The molecule has 0 radical (unpaired) electrons. The third-order valence-electron chi connectivity index (χ3n) is 6.77. The van der Waals surface area contributed by atoms with Gasteiger partial charge in [-0.1, -0.05) is 6.07 Å². The molecule has 2 amide bonds. The number of rotatable bonds is 4. The van der Waals surface area contributed by atoms with Crippen LogP contribution in [0.1, 0.15) is 46.4 Å². The Morgan fingerprint density at radius 2 is 1.97 bits per heavy atom. The maximum absolute atomic E-state index is 14.4. The molecular formula is C24H24FN5O3. The molecule has 5 rings (SSSR count). The number of hydrogen-bond donors (Lipinski definition) is 2. The van der Waals surface area contributed by atoms with Gasteiger partial charge in [-0.05, 0) is 61.9 Å². The van der Waals surface area contributed by atoms with Crippen molar-refractivity contribution in [2.45, 2.75) is 37.8 Å². The van der Waals surface area contributed by atoms with E-state index in [-0.39, 0.29) is 28.8 Å². The number of carbonyl (C=O) groups excluding carboxylic acids is 2. The predicted molar refractivity (Wildman–Crippen MR) is 121 cm³/mol. The molecule has 0 spiro atoms. The second-order valence-corrected chi connectivity index (χ2v) is 8.75. The van der Waals surface area contributed by atoms with Crippen LogP contribution in [0.4, 0.5) is 10.2 Å². The summed E-state index contributed by atoms with van der Waals surface area (Å²) in [6, 6.07) is 10.1. The summed E-state index contributed by atoms with van der Waals surface area (Å²) in [6.45, 7) is 0.725. The summed E-state index contributed by atoms with van der Waals surface area (Å²) >= 11 is 0. The molecule has 2 bridgehead atoms. The minimum Gasteiger partial charge on any atom is -0.366 e. The summed E-state index contributed by atoms with van der Waals surface area (Å²) in [5, 5.41) is 2.97. The zero-order chi connectivity index (χ0) is 23.1. The topological polar surface area (TPSA) is 110 Å². The van der Waals surface area contributed by atoms with Crippen LogP contribution in [0.25, 0.3) is 5.65 Å². The summed E-state index contributed by atoms with van der Waals surface area (Å²) in [7, 11) is 0. The minimum atomic E-state index is -0.725. The van der Waals surface area contributed by atoms with Crippen LogP contribution >= 0.6 is 0 Å². The molecule has 8 nitrogen and oxygen atoms in total. The molecule has 2 aliphatic rings. The summed E-state index contributed by atoms with van der Waals surface area (Å²) in [5.74, 6) is -0.905. The van der Waals surface area contributed by atoms with Crippen LogP contribution < -0.4 is 21.5 Å². The molecule has 1 aliphatic carbocycles. The van der Waals surface area contributed by atoms with E-state index in [1.165, 1.54) is 22.6 Å². The number of anilines is 1. The number of halogens is 1. The van der Waals surface area contributed by atoms with Gasteiger partial charge < -0.3 is 16.0 Å². The van der Waals surface area contributed by atoms with Gasteiger partial charge in [0, 0.05) is 30.4 Å². The molecule has 9 heteroatoms. The van der Waals surface area contributed by atoms with Crippen molar-refractivity contribution < 1.29 is 14.0 Å². The van der Waals surface area contributed by atoms with E-state index in [0.717, 1.165) is 38.3 Å². The van der Waals surface area contributed by atoms with Crippen LogP contribution in [0, 0.1) is 11.7 Å². The lowest BCUT2D eigenvalue weighted by Crippen LogP contribution is -2.58. The molecule has 3 heterocycles. The first kappa shape index (κ1) is 21.1. The van der Waals surface area contributed by atoms with E-state index in [4.69, 9.17) is 5.73 Å². The second-order valence-electron chi connectivity index (χ2n) is 8.75. The molecule has 2 aromatic heterocycles. The molecule has 2 fully saturated rings. The summed E-state index contributed by atoms with van der Waals surface area (Å²) in [6.07, 6.45) is 5.22. The fourth-order valence-electron chi connectivity index (χ4n) is 5.07. The van der Waals surface area contributed by atoms with Gasteiger partial charge in [0.2, 0.25) is 5.91 Å². The number of nitrogens with zero attached hydrogens (tertiary/aromatic N) is 3. The molecule has 3 unspecified atom stereocenters. The molecule has 1 aliphatic heterocycles. The van der Waals surface area contributed by atoms with Crippen LogP contribution in [-0.4, -0.2) is 39.8 Å². The fraction of sp³-hybridized carbons (Fsp3) is 0.333. The Balaban J connectivity index is 1.44. The van der Waals surface area contributed by atoms with E-state index >= 15 is 0 Å². The van der Waals surface area contributed by atoms with Gasteiger partial charge >= 0.3 is 0 Å². The molecule has 3 atom stereocenters. The maximum atomic E-state index is 14.4. The summed E-state index contributed by atoms with van der Waals surface area (Å²) in [5.41, 5.74) is 5.54. The lowest BCUT2D eigenvalue weighted by molar-refractivity contribution is 0.0897. The highest BCUT2D eigenvalue weighted by atomic mass is 19.1. The van der Waals surface area contributed by atoms with E-state index < -0.39 is 17.6 Å². The van der Waals surface area contributed by atoms with Crippen molar-refractivity contribution >= 4 is 23.3 Å². The van der Waals surface area contributed by atoms with Crippen molar-refractivity contribution in [3.8, 4) is 0 Å². The zero-order valence-electron chi connectivity index (χ0n) is 17.9. The number of primary amides is 1. The normalized spacial score (nSPS) is 22.2. The highest BCUT2D eigenvalue weighted by molar-refractivity contribution is 5.99. The number of pyridine rings is 1. The number of amides is 2. The van der Waals surface area contributed by atoms with Crippen molar-refractivity contribution in [2.75, 3.05) is 11.4 Å². The summed E-state index contributed by atoms with van der Waals surface area (Å²) < 4.78 is 15.8. The van der Waals surface area contributed by atoms with Gasteiger partial charge in [0.25, 0.3) is 11.5 Å². The van der Waals surface area contributed by atoms with Crippen molar-refractivity contribution in [2.24, 2.45) is 11.7 Å². The Hall–Kier alpha value is -3.75. The smallest absolute Gasteiger partial charge is 0.259 e. The third kappa shape index (κ3) is 3.94. The first-order chi connectivity index (χ1) is 15.9. The average molecular weight is 449 g/mol. The van der Waals surface area contributed by atoms with Crippen LogP contribution in [0.15, 0.2) is 53.5 Å². The average Bonchev–Trinajstić information content (AvgIpc) is 2.81. The van der Waals surface area contributed by atoms with Crippen LogP contribution in [-0.2, 0) is 0 Å². The number of nitrogens with one attached hydrogen (secondary N) is 1. The van der Waals surface area contributed by atoms with Crippen LogP contribution in [0.3, 0.4) is 0 Å². The Kier molecular flexibility index (Phi) is 5.32. The van der Waals surface area contributed by atoms with Crippen LogP contribution in [0.2, 0.25) is 0 Å². The lowest BCUT2D eigenvalue weighted by atomic mass is 9.76. The number of benzene rings is 1. The third-order valence-corrected chi connectivity index (χ3v) is 6.77. The largest absolute Gasteiger partial charge is 0.366 e. The van der Waals surface area contributed by atoms with E-state index in [0.29, 0.717) is 17.4 Å². The van der Waals surface area contributed by atoms with Crippen molar-refractivity contribution in [1.82, 2.24) is 14.7 Å². The van der Waals surface area contributed by atoms with Crippen molar-refractivity contribution in [3.63, 3.8) is 0 Å². The Bertz CT molecular complexity index is 1310. The molecular weight excluding hydrogens is 425 g/mol. The Labute approximate surface area is 189 Å². The number of nitrogens with two attached hydrogens (primary N) is 1. The van der Waals surface area contributed by atoms with Gasteiger partial charge in [-0.3, -0.25) is 18.8 Å². The van der Waals surface area contributed by atoms with Gasteiger partial charge in [-0.2, -0.15) is 0 Å². The zero-order valence-corrected chi connectivity index (χ0v) is 17.9. The molecule has 1 saturated heterocycles. The van der Waals surface area contributed by atoms with Gasteiger partial charge in [-0.25, -0.2) is 9.37 Å². The van der Waals surface area contributed by atoms with Gasteiger partial charge in [0.15, 0.2) is 0 Å². The van der Waals surface area contributed by atoms with Gasteiger partial charge in [0.05, 0.1) is 11.6 Å². The SMILES string of the molecule is NC(=O)c1ccc(F)c(C(=O)NC2CCC3CCN(c4cc(=O)n5ccccc5n4)C2C3)c1. The van der Waals surface area contributed by atoms with E-state index in [9.17, 15) is 18.8 Å². The number of fused-ring (bicyclic) bond motifs is 3. The van der Waals surface area contributed by atoms with E-state index in [2.05, 4.69) is 15.2 Å². The quantitative estimate of drug-likeness (QED) is 0.634. The Morgan fingerprint density at radius 1 is 1.12 bits per heavy atom. The first-order valence-corrected chi connectivity index (χ1v) is 11.1. The molecule has 170 valence electrons. The van der Waals surface area contributed by atoms with E-state index in [1.54, 1.807) is 18.3 Å². The molecule has 1 saturated carbocycles. The standard InChI is InChI=1S/C24H24FN5O3/c25-17-6-5-15(23(26)32)12-16(17)24(33)27-18-7-4-14-8-10-29(19(18)11-14)21-13-22(31)30-9-2-1-3-20(30)28-21/h1-3,5-6,9,12-14,18-19H,4,7-8,10-11H2,(H2,26,32)(H,27,33). The number of carbonyl (C=O) groups is 2. The Morgan fingerprint density at radius 3 is 2.79 bits per heavy atom. The van der Waals surface area contributed by atoms with Crippen molar-refractivity contribution in [3.05, 3.63) is 76.0 Å². The van der Waals surface area contributed by atoms with E-state index in [1.807, 2.05) is 6.07 Å². The molecule has 3 N–H and O–H groups in total. The lowest BCUT2D eigenvalue weighted by Gasteiger charge is -2.48. The van der Waals surface area contributed by atoms with Crippen LogP contribution in [0.5, 0.6) is 0 Å². The highest BCUT2D eigenvalue weighted by Gasteiger charge is 2.40. The second kappa shape index (κ2) is 8.31. The molecule has 33 heavy (non-hydrogen) atoms. The number of aromatic nitrogens is 2. The van der Waals surface area contributed by atoms with Gasteiger partial charge in [0.1, 0.15) is 17.3 Å². The monoisotopic (exact) mass is 449 g/mol. The first-order valence-electron chi connectivity index (χ1n) is 11.1. The molecule has 1 aromatic carbocycles.